The van der Waals surface area contributed by atoms with Crippen molar-refractivity contribution in [3.8, 4) is 0 Å². The van der Waals surface area contributed by atoms with E-state index in [1.165, 1.54) is 135 Å². The number of hydrogen-bond donors (Lipinski definition) is 2. The molecule has 0 aromatic carbocycles. The molecular formula is C84H141N2O6P. The summed E-state index contributed by atoms with van der Waals surface area (Å²) in [5.74, 6) is -0.241. The van der Waals surface area contributed by atoms with E-state index in [0.29, 0.717) is 23.9 Å². The number of aliphatic hydroxyl groups is 1. The number of nitrogens with zero attached hydrogens (tertiary/aromatic N) is 1. The van der Waals surface area contributed by atoms with Crippen molar-refractivity contribution in [2.24, 2.45) is 0 Å². The van der Waals surface area contributed by atoms with Crippen LogP contribution in [-0.2, 0) is 18.4 Å². The van der Waals surface area contributed by atoms with Crippen LogP contribution in [0.5, 0.6) is 0 Å². The molecular weight excluding hydrogens is 1160 g/mol. The lowest BCUT2D eigenvalue weighted by molar-refractivity contribution is -0.870. The lowest BCUT2D eigenvalue weighted by Crippen LogP contribution is -2.45. The van der Waals surface area contributed by atoms with Crippen LogP contribution in [0.2, 0.25) is 0 Å². The molecule has 0 saturated carbocycles. The second-order valence-electron chi connectivity index (χ2n) is 25.9. The first-order valence-corrected chi connectivity index (χ1v) is 39.1. The summed E-state index contributed by atoms with van der Waals surface area (Å²) in [6.07, 6.45) is 115. The van der Waals surface area contributed by atoms with Gasteiger partial charge in [0.05, 0.1) is 39.9 Å². The van der Waals surface area contributed by atoms with Gasteiger partial charge < -0.3 is 28.8 Å². The first-order valence-electron chi connectivity index (χ1n) is 37.6. The van der Waals surface area contributed by atoms with Gasteiger partial charge in [-0.1, -0.05) is 331 Å². The third kappa shape index (κ3) is 74.9. The summed E-state index contributed by atoms with van der Waals surface area (Å²) in [6, 6.07) is -0.940. The predicted molar refractivity (Wildman–Crippen MR) is 407 cm³/mol. The predicted octanol–water partition coefficient (Wildman–Crippen LogP) is 24.2. The molecule has 0 heterocycles. The van der Waals surface area contributed by atoms with Gasteiger partial charge in [-0.2, -0.15) is 0 Å². The van der Waals surface area contributed by atoms with Gasteiger partial charge in [0.15, 0.2) is 0 Å². The van der Waals surface area contributed by atoms with E-state index < -0.39 is 26.6 Å². The molecule has 0 rings (SSSR count). The first-order chi connectivity index (χ1) is 45.5. The summed E-state index contributed by atoms with van der Waals surface area (Å²) in [5.41, 5.74) is 0. The van der Waals surface area contributed by atoms with Crippen LogP contribution < -0.4 is 10.2 Å². The zero-order valence-corrected chi connectivity index (χ0v) is 61.3. The Morgan fingerprint density at radius 2 is 0.667 bits per heavy atom. The molecule has 3 atom stereocenters. The maximum Gasteiger partial charge on any atom is 0.268 e. The molecule has 9 heteroatoms. The van der Waals surface area contributed by atoms with Crippen LogP contribution in [-0.4, -0.2) is 68.5 Å². The van der Waals surface area contributed by atoms with Gasteiger partial charge in [-0.05, 0) is 135 Å². The molecule has 0 aliphatic heterocycles. The normalized spacial score (nSPS) is 14.6. The molecule has 0 aromatic heterocycles. The SMILES string of the molecule is CC/C=C\C/C=C\C/C=C\C/C=C\C/C=C\C/C=C\C/C=C\C/C=C\C/C=C\C/C=C\C/C=C\C/C=C\CCCCCCC(=O)NC(COP(=O)([O-])OCC[N+](C)(C)C)C(O)/C=C/CC/C=C/CC/C=C/CCCCCCCCCCCCCCCCCCCCCC. The monoisotopic (exact) mass is 1310 g/mol. The number of unbranched alkanes of at least 4 members (excludes halogenated alkanes) is 26. The quantitative estimate of drug-likeness (QED) is 0.0272. The number of amides is 1. The first kappa shape index (κ1) is 88.6. The summed E-state index contributed by atoms with van der Waals surface area (Å²) in [4.78, 5) is 25.6. The lowest BCUT2D eigenvalue weighted by atomic mass is 10.0. The summed E-state index contributed by atoms with van der Waals surface area (Å²) in [7, 11) is 1.20. The van der Waals surface area contributed by atoms with Gasteiger partial charge in [0.1, 0.15) is 13.2 Å². The van der Waals surface area contributed by atoms with E-state index in [0.717, 1.165) is 122 Å². The molecule has 0 bridgehead atoms. The molecule has 0 aliphatic carbocycles. The van der Waals surface area contributed by atoms with E-state index in [1.807, 2.05) is 27.2 Å². The number of phosphoric acid groups is 1. The number of rotatable bonds is 67. The minimum atomic E-state index is -4.64. The maximum absolute atomic E-state index is 13.0. The molecule has 3 unspecified atom stereocenters. The van der Waals surface area contributed by atoms with Crippen molar-refractivity contribution >= 4 is 13.7 Å². The minimum Gasteiger partial charge on any atom is -0.756 e. The highest BCUT2D eigenvalue weighted by Gasteiger charge is 2.23. The number of nitrogens with one attached hydrogen (secondary N) is 1. The van der Waals surface area contributed by atoms with E-state index in [-0.39, 0.29) is 18.9 Å². The molecule has 528 valence electrons. The summed E-state index contributed by atoms with van der Waals surface area (Å²) >= 11 is 0. The van der Waals surface area contributed by atoms with Gasteiger partial charge in [0.2, 0.25) is 5.91 Å². The van der Waals surface area contributed by atoms with Gasteiger partial charge in [0.25, 0.3) is 7.82 Å². The number of carbonyl (C=O) groups is 1. The third-order valence-electron chi connectivity index (χ3n) is 15.8. The molecule has 93 heavy (non-hydrogen) atoms. The Labute approximate surface area is 574 Å². The number of aliphatic hydroxyl groups excluding tert-OH is 1. The van der Waals surface area contributed by atoms with Crippen LogP contribution in [0.3, 0.4) is 0 Å². The fourth-order valence-corrected chi connectivity index (χ4v) is 10.8. The number of carbonyl (C=O) groups excluding carboxylic acids is 1. The van der Waals surface area contributed by atoms with E-state index in [4.69, 9.17) is 9.05 Å². The van der Waals surface area contributed by atoms with Crippen molar-refractivity contribution in [3.05, 3.63) is 182 Å². The maximum atomic E-state index is 13.0. The number of likely N-dealkylation sites (N-methyl/N-ethyl adjacent to an activating group) is 1. The molecule has 0 fully saturated rings. The second-order valence-corrected chi connectivity index (χ2v) is 27.3. The van der Waals surface area contributed by atoms with Crippen molar-refractivity contribution < 1.29 is 32.9 Å². The lowest BCUT2D eigenvalue weighted by Gasteiger charge is -2.29. The van der Waals surface area contributed by atoms with E-state index in [1.54, 1.807) is 6.08 Å². The van der Waals surface area contributed by atoms with Crippen LogP contribution in [0.15, 0.2) is 182 Å². The van der Waals surface area contributed by atoms with Crippen molar-refractivity contribution in [3.63, 3.8) is 0 Å². The smallest absolute Gasteiger partial charge is 0.268 e. The van der Waals surface area contributed by atoms with E-state index in [9.17, 15) is 19.4 Å². The van der Waals surface area contributed by atoms with Crippen LogP contribution >= 0.6 is 7.82 Å². The molecule has 8 nitrogen and oxygen atoms in total. The zero-order chi connectivity index (χ0) is 67.6. The van der Waals surface area contributed by atoms with Crippen molar-refractivity contribution in [1.29, 1.82) is 0 Å². The Morgan fingerprint density at radius 3 is 1.00 bits per heavy atom. The Hall–Kier alpha value is -4.40. The Bertz CT molecular complexity index is 2180. The largest absolute Gasteiger partial charge is 0.756 e. The number of allylic oxidation sites excluding steroid dienone is 29. The second kappa shape index (κ2) is 71.9. The molecule has 0 spiro atoms. The van der Waals surface area contributed by atoms with E-state index >= 15 is 0 Å². The summed E-state index contributed by atoms with van der Waals surface area (Å²) < 4.78 is 23.4. The molecule has 0 aliphatic rings. The highest BCUT2D eigenvalue weighted by molar-refractivity contribution is 7.45. The van der Waals surface area contributed by atoms with E-state index in [2.05, 4.69) is 189 Å². The Balaban J connectivity index is 4.24. The van der Waals surface area contributed by atoms with Gasteiger partial charge in [0, 0.05) is 6.42 Å². The highest BCUT2D eigenvalue weighted by atomic mass is 31.2. The highest BCUT2D eigenvalue weighted by Crippen LogP contribution is 2.38. The average Bonchev–Trinajstić information content (AvgIpc) is 2.75. The summed E-state index contributed by atoms with van der Waals surface area (Å²) in [5, 5.41) is 13.9. The topological polar surface area (TPSA) is 108 Å². The number of hydrogen-bond acceptors (Lipinski definition) is 6. The zero-order valence-electron chi connectivity index (χ0n) is 60.4. The third-order valence-corrected chi connectivity index (χ3v) is 16.8. The summed E-state index contributed by atoms with van der Waals surface area (Å²) in [6.45, 7) is 4.49. The molecule has 1 amide bonds. The van der Waals surface area contributed by atoms with Gasteiger partial charge in [-0.3, -0.25) is 9.36 Å². The van der Waals surface area contributed by atoms with Crippen molar-refractivity contribution in [2.45, 2.75) is 302 Å². The fourth-order valence-electron chi connectivity index (χ4n) is 10.1. The van der Waals surface area contributed by atoms with Gasteiger partial charge >= 0.3 is 0 Å². The number of quaternary nitrogens is 1. The van der Waals surface area contributed by atoms with Crippen molar-refractivity contribution in [1.82, 2.24) is 5.32 Å². The molecule has 0 aromatic rings. The standard InChI is InChI=1S/C84H141N2O6P/c1-6-8-10-12-14-16-18-20-22-24-26-28-30-32-34-36-38-39-40-41-42-43-44-45-46-47-48-50-52-54-56-58-60-62-64-66-68-70-72-74-76-78-84(88)85-82(81-92-93(89,90)91-80-79-86(3,4)5)83(87)77-75-73-71-69-67-65-63-61-59-57-55-53-51-49-37-35-33-31-29-27-25-23-21-19-17-15-13-11-9-7-2/h8,10,14,16,20,22,26,28,32,34,38-39,41-42,44-45,47-48,52,54,58-61,64,66-67,69,75,77,82-83,87H,6-7,9,11-13,15,17-19,21,23-25,27,29-31,33,35-37,40,43,46,49-51,53,55-57,62-63,65,68,70-74,76,78-81H2,1-5H3,(H-,85,88,89,90)/b10-8-,16-14-,22-20-,28-26-,34-32-,39-38-,42-41-,45-44-,48-47-,54-52-,60-58-,61-59+,66-64-,69-67+,77-75+. The molecule has 0 radical (unpaired) electrons. The van der Waals surface area contributed by atoms with Crippen LogP contribution in [0.4, 0.5) is 0 Å². The van der Waals surface area contributed by atoms with Gasteiger partial charge in [-0.25, -0.2) is 0 Å². The average molecular weight is 1310 g/mol. The molecule has 0 saturated heterocycles. The minimum absolute atomic E-state index is 0.0240. The fraction of sp³-hybridized carbons (Fsp3) is 0.631. The molecule has 2 N–H and O–H groups in total. The Morgan fingerprint density at radius 1 is 0.387 bits per heavy atom. The van der Waals surface area contributed by atoms with Crippen LogP contribution in [0, 0.1) is 0 Å². The van der Waals surface area contributed by atoms with Crippen molar-refractivity contribution in [2.75, 3.05) is 40.9 Å². The Kier molecular flexibility index (Phi) is 68.5. The van der Waals surface area contributed by atoms with Crippen LogP contribution in [0.25, 0.3) is 0 Å². The van der Waals surface area contributed by atoms with Gasteiger partial charge in [-0.15, -0.1) is 0 Å². The van der Waals surface area contributed by atoms with Crippen LogP contribution in [0.1, 0.15) is 290 Å². The number of phosphoric ester groups is 1.